The van der Waals surface area contributed by atoms with Crippen molar-refractivity contribution in [2.75, 3.05) is 0 Å². The maximum Gasteiger partial charge on any atom is 0.338 e. The van der Waals surface area contributed by atoms with E-state index in [2.05, 4.69) is 4.99 Å². The molecule has 0 amide bonds. The average Bonchev–Trinajstić information content (AvgIpc) is 3.35. The van der Waals surface area contributed by atoms with Crippen LogP contribution in [-0.2, 0) is 9.53 Å². The summed E-state index contributed by atoms with van der Waals surface area (Å²) >= 11 is 2.56. The van der Waals surface area contributed by atoms with Crippen molar-refractivity contribution in [1.82, 2.24) is 4.57 Å². The number of para-hydroxylation sites is 1. The molecule has 0 unspecified atom stereocenters. The first kappa shape index (κ1) is 21.8. The zero-order valence-electron chi connectivity index (χ0n) is 17.5. The van der Waals surface area contributed by atoms with Crippen molar-refractivity contribution in [2.24, 2.45) is 4.99 Å². The molecule has 32 heavy (non-hydrogen) atoms. The number of carbonyl (C=O) groups is 1. The van der Waals surface area contributed by atoms with E-state index in [1.165, 1.54) is 28.0 Å². The Labute approximate surface area is 190 Å². The zero-order valence-corrected chi connectivity index (χ0v) is 19.1. The van der Waals surface area contributed by atoms with Gasteiger partial charge in [-0.3, -0.25) is 19.5 Å². The van der Waals surface area contributed by atoms with Crippen molar-refractivity contribution in [2.45, 2.75) is 32.9 Å². The number of fused-ring (bicyclic) bond motifs is 1. The van der Waals surface area contributed by atoms with Gasteiger partial charge in [0.25, 0.3) is 11.2 Å². The van der Waals surface area contributed by atoms with E-state index >= 15 is 0 Å². The second kappa shape index (κ2) is 8.64. The molecule has 4 rings (SSSR count). The van der Waals surface area contributed by atoms with Crippen LogP contribution in [0.2, 0.25) is 0 Å². The Hall–Kier alpha value is -3.37. The van der Waals surface area contributed by atoms with Gasteiger partial charge in [0.15, 0.2) is 4.80 Å². The fourth-order valence-corrected chi connectivity index (χ4v) is 5.35. The SMILES string of the molecule is CC1=C(C(=O)OC(C)C)[C@H](c2cccs2)n2c(s/c(=C\c3ccccc3[N+](=O)[O-])c2=O)=N1. The lowest BCUT2D eigenvalue weighted by atomic mass is 10.0. The number of aromatic nitrogens is 1. The quantitative estimate of drug-likeness (QED) is 0.324. The molecule has 3 heterocycles. The average molecular weight is 470 g/mol. The molecule has 10 heteroatoms. The molecule has 8 nitrogen and oxygen atoms in total. The lowest BCUT2D eigenvalue weighted by molar-refractivity contribution is -0.385. The summed E-state index contributed by atoms with van der Waals surface area (Å²) in [7, 11) is 0. The number of benzene rings is 1. The maximum atomic E-state index is 13.4. The van der Waals surface area contributed by atoms with Crippen LogP contribution in [0.15, 0.2) is 62.8 Å². The van der Waals surface area contributed by atoms with Gasteiger partial charge in [-0.25, -0.2) is 9.79 Å². The van der Waals surface area contributed by atoms with Crippen molar-refractivity contribution in [3.05, 3.63) is 93.3 Å². The number of hydrogen-bond acceptors (Lipinski definition) is 8. The normalized spacial score (nSPS) is 16.1. The van der Waals surface area contributed by atoms with Gasteiger partial charge in [0.2, 0.25) is 0 Å². The van der Waals surface area contributed by atoms with Crippen LogP contribution in [0.3, 0.4) is 0 Å². The third kappa shape index (κ3) is 3.94. The van der Waals surface area contributed by atoms with Gasteiger partial charge in [0.1, 0.15) is 6.04 Å². The molecule has 0 radical (unpaired) electrons. The second-order valence-corrected chi connectivity index (χ2v) is 9.36. The molecular weight excluding hydrogens is 450 g/mol. The van der Waals surface area contributed by atoms with Crippen molar-refractivity contribution in [3.63, 3.8) is 0 Å². The summed E-state index contributed by atoms with van der Waals surface area (Å²) in [6.45, 7) is 5.24. The van der Waals surface area contributed by atoms with Gasteiger partial charge in [-0.1, -0.05) is 29.5 Å². The Morgan fingerprint density at radius 1 is 1.28 bits per heavy atom. The lowest BCUT2D eigenvalue weighted by Crippen LogP contribution is -2.39. The second-order valence-electron chi connectivity index (χ2n) is 7.37. The van der Waals surface area contributed by atoms with Gasteiger partial charge in [-0.15, -0.1) is 11.3 Å². The third-order valence-electron chi connectivity index (χ3n) is 4.82. The molecule has 1 atom stereocenters. The van der Waals surface area contributed by atoms with Crippen molar-refractivity contribution in [1.29, 1.82) is 0 Å². The first-order valence-electron chi connectivity index (χ1n) is 9.78. The molecule has 0 spiro atoms. The van der Waals surface area contributed by atoms with Crippen LogP contribution in [0.25, 0.3) is 6.08 Å². The Morgan fingerprint density at radius 3 is 2.69 bits per heavy atom. The fraction of sp³-hybridized carbons (Fsp3) is 0.227. The van der Waals surface area contributed by atoms with Crippen LogP contribution in [0.1, 0.15) is 37.3 Å². The van der Waals surface area contributed by atoms with Gasteiger partial charge >= 0.3 is 5.97 Å². The molecule has 164 valence electrons. The van der Waals surface area contributed by atoms with Crippen LogP contribution in [-0.4, -0.2) is 21.6 Å². The number of ether oxygens (including phenoxy) is 1. The molecule has 3 aromatic rings. The number of allylic oxidation sites excluding steroid dienone is 1. The van der Waals surface area contributed by atoms with Crippen LogP contribution >= 0.6 is 22.7 Å². The fourth-order valence-electron chi connectivity index (χ4n) is 3.49. The number of carbonyl (C=O) groups excluding carboxylic acids is 1. The molecule has 1 aliphatic rings. The van der Waals surface area contributed by atoms with Gasteiger partial charge in [-0.05, 0) is 44.4 Å². The maximum absolute atomic E-state index is 13.4. The topological polar surface area (TPSA) is 104 Å². The van der Waals surface area contributed by atoms with Crippen LogP contribution in [0, 0.1) is 10.1 Å². The molecule has 1 aromatic carbocycles. The lowest BCUT2D eigenvalue weighted by Gasteiger charge is -2.24. The highest BCUT2D eigenvalue weighted by Gasteiger charge is 2.34. The molecular formula is C22H19N3O5S2. The summed E-state index contributed by atoms with van der Waals surface area (Å²) < 4.78 is 7.21. The first-order valence-corrected chi connectivity index (χ1v) is 11.5. The van der Waals surface area contributed by atoms with Gasteiger partial charge in [0, 0.05) is 10.9 Å². The number of hydrogen-bond donors (Lipinski definition) is 0. The zero-order chi connectivity index (χ0) is 23.0. The standard InChI is InChI=1S/C22H19N3O5S2/c1-12(2)30-21(27)18-13(3)23-22-24(19(18)16-9-6-10-31-16)20(26)17(32-22)11-14-7-4-5-8-15(14)25(28)29/h4-12,19H,1-3H3/b17-11-/t19-/m0/s1. The number of rotatable bonds is 5. The van der Waals surface area contributed by atoms with E-state index in [-0.39, 0.29) is 17.4 Å². The summed E-state index contributed by atoms with van der Waals surface area (Å²) in [5.74, 6) is -0.521. The predicted octanol–water partition coefficient (Wildman–Crippen LogP) is 3.16. The minimum Gasteiger partial charge on any atom is -0.459 e. The molecule has 0 fully saturated rings. The van der Waals surface area contributed by atoms with E-state index in [1.54, 1.807) is 39.0 Å². The van der Waals surface area contributed by atoms with Gasteiger partial charge in [-0.2, -0.15) is 0 Å². The molecule has 0 N–H and O–H groups in total. The van der Waals surface area contributed by atoms with E-state index in [4.69, 9.17) is 4.74 Å². The van der Waals surface area contributed by atoms with E-state index in [9.17, 15) is 19.7 Å². The highest BCUT2D eigenvalue weighted by Crippen LogP contribution is 2.33. The van der Waals surface area contributed by atoms with E-state index in [0.717, 1.165) is 16.2 Å². The largest absolute Gasteiger partial charge is 0.459 e. The van der Waals surface area contributed by atoms with E-state index in [0.29, 0.717) is 26.2 Å². The third-order valence-corrected chi connectivity index (χ3v) is 6.72. The number of nitro groups is 1. The van der Waals surface area contributed by atoms with Gasteiger partial charge < -0.3 is 4.74 Å². The predicted molar refractivity (Wildman–Crippen MR) is 122 cm³/mol. The van der Waals surface area contributed by atoms with Crippen LogP contribution in [0.4, 0.5) is 5.69 Å². The number of thiophene rings is 1. The Morgan fingerprint density at radius 2 is 2.03 bits per heavy atom. The number of esters is 1. The van der Waals surface area contributed by atoms with E-state index in [1.807, 2.05) is 17.5 Å². The molecule has 2 aromatic heterocycles. The summed E-state index contributed by atoms with van der Waals surface area (Å²) in [5.41, 5.74) is 0.655. The highest BCUT2D eigenvalue weighted by molar-refractivity contribution is 7.10. The summed E-state index contributed by atoms with van der Waals surface area (Å²) in [5, 5.41) is 13.3. The Bertz CT molecular complexity index is 1410. The summed E-state index contributed by atoms with van der Waals surface area (Å²) in [4.78, 5) is 43.0. The summed E-state index contributed by atoms with van der Waals surface area (Å²) in [6, 6.07) is 9.26. The molecule has 0 aliphatic carbocycles. The number of nitro benzene ring substituents is 1. The van der Waals surface area contributed by atoms with Crippen molar-refractivity contribution in [3.8, 4) is 0 Å². The highest BCUT2D eigenvalue weighted by atomic mass is 32.1. The minimum absolute atomic E-state index is 0.0921. The Kier molecular flexibility index (Phi) is 5.90. The monoisotopic (exact) mass is 469 g/mol. The number of nitrogens with zero attached hydrogens (tertiary/aromatic N) is 3. The minimum atomic E-state index is -0.676. The van der Waals surface area contributed by atoms with Crippen molar-refractivity contribution < 1.29 is 14.5 Å². The molecule has 1 aliphatic heterocycles. The smallest absolute Gasteiger partial charge is 0.338 e. The Balaban J connectivity index is 1.94. The van der Waals surface area contributed by atoms with E-state index < -0.39 is 16.9 Å². The summed E-state index contributed by atoms with van der Waals surface area (Å²) in [6.07, 6.45) is 1.17. The molecule has 0 saturated carbocycles. The molecule has 0 saturated heterocycles. The van der Waals surface area contributed by atoms with Crippen LogP contribution in [0.5, 0.6) is 0 Å². The van der Waals surface area contributed by atoms with Crippen molar-refractivity contribution >= 4 is 40.4 Å². The van der Waals surface area contributed by atoms with Gasteiger partial charge in [0.05, 0.1) is 32.4 Å². The number of thiazole rings is 1. The van der Waals surface area contributed by atoms with Crippen LogP contribution < -0.4 is 14.9 Å². The first-order chi connectivity index (χ1) is 15.3. The molecule has 0 bridgehead atoms.